The predicted molar refractivity (Wildman–Crippen MR) is 91.8 cm³/mol. The van der Waals surface area contributed by atoms with Gasteiger partial charge in [-0.15, -0.1) is 0 Å². The van der Waals surface area contributed by atoms with E-state index in [1.165, 1.54) is 12.1 Å². The van der Waals surface area contributed by atoms with Crippen LogP contribution in [0, 0.1) is 0 Å². The number of phenolic OH excluding ortho intramolecular Hbond substituents is 1. The van der Waals surface area contributed by atoms with Crippen LogP contribution in [0.25, 0.3) is 0 Å². The highest BCUT2D eigenvalue weighted by atomic mass is 16.5. The molecule has 0 aromatic heterocycles. The third-order valence-corrected chi connectivity index (χ3v) is 3.11. The van der Waals surface area contributed by atoms with Crippen LogP contribution in [-0.4, -0.2) is 49.3 Å². The molecule has 4 N–H and O–H groups in total. The summed E-state index contributed by atoms with van der Waals surface area (Å²) in [5, 5.41) is 18.1. The number of aromatic hydroxyl groups is 1. The lowest BCUT2D eigenvalue weighted by Crippen LogP contribution is -2.45. The molecule has 0 fully saturated rings. The van der Waals surface area contributed by atoms with Crippen LogP contribution in [0.5, 0.6) is 5.75 Å². The summed E-state index contributed by atoms with van der Waals surface area (Å²) in [7, 11) is 1.65. The van der Waals surface area contributed by atoms with Gasteiger partial charge in [0.25, 0.3) is 0 Å². The Morgan fingerprint density at radius 2 is 1.91 bits per heavy atom. The summed E-state index contributed by atoms with van der Waals surface area (Å²) in [6.07, 6.45) is 0. The van der Waals surface area contributed by atoms with Crippen molar-refractivity contribution in [3.63, 3.8) is 0 Å². The lowest BCUT2D eigenvalue weighted by molar-refractivity contribution is -0.114. The van der Waals surface area contributed by atoms with Crippen molar-refractivity contribution in [3.8, 4) is 5.75 Å². The van der Waals surface area contributed by atoms with E-state index in [9.17, 15) is 9.90 Å². The first-order chi connectivity index (χ1) is 10.9. The molecular weight excluding hydrogens is 296 g/mol. The predicted octanol–water partition coefficient (Wildman–Crippen LogP) is 1.31. The number of anilines is 1. The Morgan fingerprint density at radius 3 is 2.48 bits per heavy atom. The summed E-state index contributed by atoms with van der Waals surface area (Å²) >= 11 is 0. The van der Waals surface area contributed by atoms with Crippen LogP contribution in [0.2, 0.25) is 0 Å². The highest BCUT2D eigenvalue weighted by Crippen LogP contribution is 2.13. The molecule has 1 aromatic rings. The van der Waals surface area contributed by atoms with Crippen molar-refractivity contribution >= 4 is 17.6 Å². The fourth-order valence-electron chi connectivity index (χ4n) is 1.61. The van der Waals surface area contributed by atoms with Gasteiger partial charge in [0.2, 0.25) is 5.91 Å². The Kier molecular flexibility index (Phi) is 7.34. The Labute approximate surface area is 137 Å². The molecule has 1 rings (SSSR count). The van der Waals surface area contributed by atoms with Crippen LogP contribution in [0.1, 0.15) is 20.8 Å². The number of hydrogen-bond acceptors (Lipinski definition) is 4. The zero-order valence-corrected chi connectivity index (χ0v) is 14.1. The van der Waals surface area contributed by atoms with Crippen LogP contribution < -0.4 is 16.0 Å². The molecule has 128 valence electrons. The number of aliphatic imine (C=N–C) groups is 1. The lowest BCUT2D eigenvalue weighted by atomic mass is 10.1. The topological polar surface area (TPSA) is 95.0 Å². The Bertz CT molecular complexity index is 527. The van der Waals surface area contributed by atoms with Gasteiger partial charge >= 0.3 is 0 Å². The van der Waals surface area contributed by atoms with Crippen LogP contribution >= 0.6 is 0 Å². The van der Waals surface area contributed by atoms with E-state index in [0.717, 1.165) is 0 Å². The Morgan fingerprint density at radius 1 is 1.26 bits per heavy atom. The van der Waals surface area contributed by atoms with Crippen molar-refractivity contribution < 1.29 is 14.6 Å². The number of hydrogen-bond donors (Lipinski definition) is 4. The maximum absolute atomic E-state index is 11.9. The van der Waals surface area contributed by atoms with Gasteiger partial charge in [0.1, 0.15) is 12.3 Å². The fourth-order valence-corrected chi connectivity index (χ4v) is 1.61. The maximum Gasteiger partial charge on any atom is 0.246 e. The zero-order valence-electron chi connectivity index (χ0n) is 14.1. The number of ether oxygens (including phenoxy) is 1. The molecule has 0 bridgehead atoms. The van der Waals surface area contributed by atoms with E-state index in [0.29, 0.717) is 24.7 Å². The summed E-state index contributed by atoms with van der Waals surface area (Å²) in [5.74, 6) is 0.470. The molecule has 1 aromatic carbocycles. The zero-order chi connectivity index (χ0) is 17.3. The second-order valence-corrected chi connectivity index (χ2v) is 5.61. The van der Waals surface area contributed by atoms with E-state index in [-0.39, 0.29) is 23.8 Å². The summed E-state index contributed by atoms with van der Waals surface area (Å²) in [5.41, 5.74) is 0.284. The monoisotopic (exact) mass is 322 g/mol. The molecular formula is C16H26N4O3. The fraction of sp³-hybridized carbons (Fsp3) is 0.500. The first-order valence-electron chi connectivity index (χ1n) is 7.52. The van der Waals surface area contributed by atoms with E-state index in [2.05, 4.69) is 20.9 Å². The van der Waals surface area contributed by atoms with Gasteiger partial charge in [-0.2, -0.15) is 0 Å². The molecule has 0 atom stereocenters. The molecule has 0 aliphatic heterocycles. The van der Waals surface area contributed by atoms with Gasteiger partial charge in [-0.05, 0) is 45.0 Å². The quantitative estimate of drug-likeness (QED) is 0.345. The Hall–Kier alpha value is -2.28. The molecule has 0 aliphatic rings. The van der Waals surface area contributed by atoms with Crippen LogP contribution in [0.3, 0.4) is 0 Å². The number of carbonyl (C=O) groups is 1. The summed E-state index contributed by atoms with van der Waals surface area (Å²) in [6, 6.07) is 6.28. The van der Waals surface area contributed by atoms with Crippen molar-refractivity contribution in [2.24, 2.45) is 4.99 Å². The number of nitrogens with one attached hydrogen (secondary N) is 3. The average molecular weight is 322 g/mol. The van der Waals surface area contributed by atoms with Gasteiger partial charge in [-0.3, -0.25) is 4.79 Å². The van der Waals surface area contributed by atoms with Crippen molar-refractivity contribution in [3.05, 3.63) is 24.3 Å². The largest absolute Gasteiger partial charge is 0.508 e. The molecule has 7 heteroatoms. The maximum atomic E-state index is 11.9. The number of methoxy groups -OCH3 is 1. The SMILES string of the molecule is CCNC(=NCC(=O)Nc1ccc(O)cc1)NCC(C)(C)OC. The van der Waals surface area contributed by atoms with Crippen molar-refractivity contribution in [1.82, 2.24) is 10.6 Å². The highest BCUT2D eigenvalue weighted by molar-refractivity contribution is 5.94. The standard InChI is InChI=1S/C16H26N4O3/c1-5-17-15(19-11-16(2,3)23-4)18-10-14(22)20-12-6-8-13(21)9-7-12/h6-9,21H,5,10-11H2,1-4H3,(H,20,22)(H2,17,18,19). The van der Waals surface area contributed by atoms with Crippen LogP contribution in [-0.2, 0) is 9.53 Å². The number of carbonyl (C=O) groups excluding carboxylic acids is 1. The molecule has 7 nitrogen and oxygen atoms in total. The normalized spacial score (nSPS) is 11.9. The highest BCUT2D eigenvalue weighted by Gasteiger charge is 2.16. The minimum atomic E-state index is -0.329. The molecule has 0 saturated carbocycles. The molecule has 0 aliphatic carbocycles. The summed E-state index contributed by atoms with van der Waals surface area (Å²) in [6.45, 7) is 7.12. The molecule has 0 heterocycles. The van der Waals surface area contributed by atoms with Crippen molar-refractivity contribution in [1.29, 1.82) is 0 Å². The molecule has 1 amide bonds. The number of rotatable bonds is 7. The third-order valence-electron chi connectivity index (χ3n) is 3.11. The van der Waals surface area contributed by atoms with E-state index in [1.807, 2.05) is 20.8 Å². The van der Waals surface area contributed by atoms with Gasteiger partial charge in [0.15, 0.2) is 5.96 Å². The lowest BCUT2D eigenvalue weighted by Gasteiger charge is -2.24. The van der Waals surface area contributed by atoms with Gasteiger partial charge in [-0.1, -0.05) is 0 Å². The smallest absolute Gasteiger partial charge is 0.246 e. The van der Waals surface area contributed by atoms with Crippen LogP contribution in [0.15, 0.2) is 29.3 Å². The molecule has 0 spiro atoms. The number of amides is 1. The van der Waals surface area contributed by atoms with Crippen molar-refractivity contribution in [2.45, 2.75) is 26.4 Å². The molecule has 0 saturated heterocycles. The van der Waals surface area contributed by atoms with Crippen LogP contribution in [0.4, 0.5) is 5.69 Å². The first kappa shape index (κ1) is 18.8. The Balaban J connectivity index is 2.55. The minimum absolute atomic E-state index is 0.0103. The third kappa shape index (κ3) is 7.51. The molecule has 0 radical (unpaired) electrons. The van der Waals surface area contributed by atoms with E-state index < -0.39 is 0 Å². The summed E-state index contributed by atoms with van der Waals surface area (Å²) in [4.78, 5) is 16.1. The van der Waals surface area contributed by atoms with Gasteiger partial charge in [0.05, 0.1) is 5.60 Å². The second kappa shape index (κ2) is 8.99. The van der Waals surface area contributed by atoms with E-state index in [1.54, 1.807) is 19.2 Å². The number of guanidine groups is 1. The first-order valence-corrected chi connectivity index (χ1v) is 7.52. The van der Waals surface area contributed by atoms with E-state index in [4.69, 9.17) is 4.74 Å². The van der Waals surface area contributed by atoms with Gasteiger partial charge < -0.3 is 25.8 Å². The average Bonchev–Trinajstić information content (AvgIpc) is 2.52. The van der Waals surface area contributed by atoms with Crippen molar-refractivity contribution in [2.75, 3.05) is 32.1 Å². The molecule has 23 heavy (non-hydrogen) atoms. The molecule has 0 unspecified atom stereocenters. The number of benzene rings is 1. The summed E-state index contributed by atoms with van der Waals surface area (Å²) < 4.78 is 5.34. The minimum Gasteiger partial charge on any atom is -0.508 e. The van der Waals surface area contributed by atoms with Gasteiger partial charge in [0, 0.05) is 25.9 Å². The number of phenols is 1. The number of nitrogens with zero attached hydrogens (tertiary/aromatic N) is 1. The van der Waals surface area contributed by atoms with E-state index >= 15 is 0 Å². The van der Waals surface area contributed by atoms with Gasteiger partial charge in [-0.25, -0.2) is 4.99 Å². The second-order valence-electron chi connectivity index (χ2n) is 5.61.